The Morgan fingerprint density at radius 2 is 2.06 bits per heavy atom. The van der Waals surface area contributed by atoms with Gasteiger partial charge in [0, 0.05) is 32.1 Å². The van der Waals surface area contributed by atoms with Gasteiger partial charge in [0.2, 0.25) is 5.91 Å². The Kier molecular flexibility index (Phi) is 7.23. The number of nitrogens with zero attached hydrogens (tertiary/aromatic N) is 1. The molecule has 0 spiro atoms. The number of ether oxygens (including phenoxy) is 1. The zero-order valence-electron chi connectivity index (χ0n) is 11.7. The first kappa shape index (κ1) is 15.4. The summed E-state index contributed by atoms with van der Waals surface area (Å²) in [6, 6.07) is 0.198. The molecule has 0 radical (unpaired) electrons. The van der Waals surface area contributed by atoms with Crippen LogP contribution in [0.5, 0.6) is 0 Å². The van der Waals surface area contributed by atoms with Gasteiger partial charge in [-0.15, -0.1) is 0 Å². The largest absolute Gasteiger partial charge is 0.379 e. The van der Waals surface area contributed by atoms with Crippen LogP contribution in [-0.4, -0.2) is 56.2 Å². The van der Waals surface area contributed by atoms with Gasteiger partial charge in [-0.3, -0.25) is 9.69 Å². The summed E-state index contributed by atoms with van der Waals surface area (Å²) in [7, 11) is 0. The molecule has 5 nitrogen and oxygen atoms in total. The predicted octanol–water partition coefficient (Wildman–Crippen LogP) is 0.198. The van der Waals surface area contributed by atoms with Crippen molar-refractivity contribution in [1.82, 2.24) is 10.2 Å². The molecule has 1 rings (SSSR count). The zero-order valence-corrected chi connectivity index (χ0v) is 11.7. The van der Waals surface area contributed by atoms with E-state index < -0.39 is 0 Å². The van der Waals surface area contributed by atoms with Gasteiger partial charge in [-0.2, -0.15) is 0 Å². The second-order valence-corrected chi connectivity index (χ2v) is 5.26. The molecule has 2 unspecified atom stereocenters. The topological polar surface area (TPSA) is 67.6 Å². The monoisotopic (exact) mass is 257 g/mol. The smallest absolute Gasteiger partial charge is 0.220 e. The van der Waals surface area contributed by atoms with Gasteiger partial charge in [0.1, 0.15) is 0 Å². The second-order valence-electron chi connectivity index (χ2n) is 5.26. The zero-order chi connectivity index (χ0) is 13.4. The number of nitrogens with one attached hydrogen (secondary N) is 1. The molecule has 0 aromatic rings. The molecular weight excluding hydrogens is 230 g/mol. The van der Waals surface area contributed by atoms with Crippen molar-refractivity contribution in [2.24, 2.45) is 11.7 Å². The lowest BCUT2D eigenvalue weighted by Crippen LogP contribution is -2.46. The number of rotatable bonds is 7. The Labute approximate surface area is 110 Å². The molecule has 1 amide bonds. The number of nitrogens with two attached hydrogens (primary N) is 1. The molecule has 1 saturated heterocycles. The molecule has 0 aliphatic carbocycles. The minimum Gasteiger partial charge on any atom is -0.379 e. The van der Waals surface area contributed by atoms with E-state index in [2.05, 4.69) is 24.1 Å². The number of morpholine rings is 1. The van der Waals surface area contributed by atoms with E-state index in [0.717, 1.165) is 39.3 Å². The van der Waals surface area contributed by atoms with Crippen LogP contribution < -0.4 is 11.1 Å². The number of carbonyl (C=O) groups excluding carboxylic acids is 1. The third kappa shape index (κ3) is 6.33. The van der Waals surface area contributed by atoms with Crippen molar-refractivity contribution in [3.05, 3.63) is 0 Å². The molecule has 5 heteroatoms. The molecule has 1 fully saturated rings. The Morgan fingerprint density at radius 1 is 1.39 bits per heavy atom. The van der Waals surface area contributed by atoms with Crippen molar-refractivity contribution < 1.29 is 9.53 Å². The molecule has 1 aliphatic heterocycles. The fourth-order valence-corrected chi connectivity index (χ4v) is 2.06. The summed E-state index contributed by atoms with van der Waals surface area (Å²) in [6.45, 7) is 9.21. The van der Waals surface area contributed by atoms with Crippen LogP contribution in [0.2, 0.25) is 0 Å². The summed E-state index contributed by atoms with van der Waals surface area (Å²) in [6.07, 6.45) is 1.44. The SMILES string of the molecule is CC(CN)CCC(=O)NC(C)CN1CCOCC1. The van der Waals surface area contributed by atoms with Crippen LogP contribution in [0.4, 0.5) is 0 Å². The molecule has 18 heavy (non-hydrogen) atoms. The molecule has 2 atom stereocenters. The highest BCUT2D eigenvalue weighted by Gasteiger charge is 2.15. The normalized spacial score (nSPS) is 20.4. The first-order valence-electron chi connectivity index (χ1n) is 6.91. The van der Waals surface area contributed by atoms with Gasteiger partial charge in [0.15, 0.2) is 0 Å². The van der Waals surface area contributed by atoms with Crippen molar-refractivity contribution in [3.63, 3.8) is 0 Å². The van der Waals surface area contributed by atoms with Gasteiger partial charge in [0.05, 0.1) is 13.2 Å². The summed E-state index contributed by atoms with van der Waals surface area (Å²) in [5.74, 6) is 0.557. The summed E-state index contributed by atoms with van der Waals surface area (Å²) in [5.41, 5.74) is 5.53. The summed E-state index contributed by atoms with van der Waals surface area (Å²) in [5, 5.41) is 3.04. The van der Waals surface area contributed by atoms with Crippen LogP contribution in [-0.2, 0) is 9.53 Å². The Hall–Kier alpha value is -0.650. The Bertz CT molecular complexity index is 242. The van der Waals surface area contributed by atoms with Gasteiger partial charge < -0.3 is 15.8 Å². The maximum atomic E-state index is 11.7. The standard InChI is InChI=1S/C13H27N3O2/c1-11(9-14)3-4-13(17)15-12(2)10-16-5-7-18-8-6-16/h11-12H,3-10,14H2,1-2H3,(H,15,17). The van der Waals surface area contributed by atoms with Crippen LogP contribution in [0, 0.1) is 5.92 Å². The van der Waals surface area contributed by atoms with Crippen molar-refractivity contribution in [1.29, 1.82) is 0 Å². The fourth-order valence-electron chi connectivity index (χ4n) is 2.06. The maximum Gasteiger partial charge on any atom is 0.220 e. The summed E-state index contributed by atoms with van der Waals surface area (Å²) in [4.78, 5) is 14.1. The van der Waals surface area contributed by atoms with Gasteiger partial charge in [-0.25, -0.2) is 0 Å². The van der Waals surface area contributed by atoms with E-state index in [4.69, 9.17) is 10.5 Å². The number of amides is 1. The van der Waals surface area contributed by atoms with E-state index in [9.17, 15) is 4.79 Å². The number of hydrogen-bond acceptors (Lipinski definition) is 4. The van der Waals surface area contributed by atoms with Crippen LogP contribution >= 0.6 is 0 Å². The van der Waals surface area contributed by atoms with Gasteiger partial charge in [-0.05, 0) is 25.8 Å². The predicted molar refractivity (Wildman–Crippen MR) is 72.3 cm³/mol. The molecule has 0 aromatic heterocycles. The number of carbonyl (C=O) groups is 1. The first-order valence-corrected chi connectivity index (χ1v) is 6.91. The molecule has 0 aromatic carbocycles. The van der Waals surface area contributed by atoms with Crippen LogP contribution in [0.3, 0.4) is 0 Å². The van der Waals surface area contributed by atoms with Crippen molar-refractivity contribution in [3.8, 4) is 0 Å². The molecule has 0 saturated carbocycles. The second kappa shape index (κ2) is 8.45. The van der Waals surface area contributed by atoms with Crippen molar-refractivity contribution in [2.75, 3.05) is 39.4 Å². The minimum absolute atomic E-state index is 0.135. The van der Waals surface area contributed by atoms with E-state index in [-0.39, 0.29) is 11.9 Å². The fraction of sp³-hybridized carbons (Fsp3) is 0.923. The molecule has 1 heterocycles. The molecule has 106 valence electrons. The highest BCUT2D eigenvalue weighted by atomic mass is 16.5. The minimum atomic E-state index is 0.135. The van der Waals surface area contributed by atoms with Crippen molar-refractivity contribution >= 4 is 5.91 Å². The third-order valence-electron chi connectivity index (χ3n) is 3.31. The van der Waals surface area contributed by atoms with E-state index in [1.165, 1.54) is 0 Å². The van der Waals surface area contributed by atoms with Crippen LogP contribution in [0.15, 0.2) is 0 Å². The molecule has 1 aliphatic rings. The average molecular weight is 257 g/mol. The highest BCUT2D eigenvalue weighted by molar-refractivity contribution is 5.76. The van der Waals surface area contributed by atoms with Gasteiger partial charge in [0.25, 0.3) is 0 Å². The van der Waals surface area contributed by atoms with Crippen LogP contribution in [0.25, 0.3) is 0 Å². The summed E-state index contributed by atoms with van der Waals surface area (Å²) < 4.78 is 5.30. The lowest BCUT2D eigenvalue weighted by Gasteiger charge is -2.29. The molecule has 0 bridgehead atoms. The van der Waals surface area contributed by atoms with Gasteiger partial charge in [-0.1, -0.05) is 6.92 Å². The lowest BCUT2D eigenvalue weighted by atomic mass is 10.1. The van der Waals surface area contributed by atoms with E-state index in [1.807, 2.05) is 0 Å². The Balaban J connectivity index is 2.14. The molecule has 3 N–H and O–H groups in total. The maximum absolute atomic E-state index is 11.7. The van der Waals surface area contributed by atoms with E-state index >= 15 is 0 Å². The number of hydrogen-bond donors (Lipinski definition) is 2. The quantitative estimate of drug-likeness (QED) is 0.683. The third-order valence-corrected chi connectivity index (χ3v) is 3.31. The first-order chi connectivity index (χ1) is 8.61. The van der Waals surface area contributed by atoms with E-state index in [1.54, 1.807) is 0 Å². The lowest BCUT2D eigenvalue weighted by molar-refractivity contribution is -0.122. The van der Waals surface area contributed by atoms with Gasteiger partial charge >= 0.3 is 0 Å². The highest BCUT2D eigenvalue weighted by Crippen LogP contribution is 2.04. The van der Waals surface area contributed by atoms with Crippen LogP contribution in [0.1, 0.15) is 26.7 Å². The Morgan fingerprint density at radius 3 is 2.67 bits per heavy atom. The van der Waals surface area contributed by atoms with Crippen molar-refractivity contribution in [2.45, 2.75) is 32.7 Å². The average Bonchev–Trinajstić information content (AvgIpc) is 2.37. The summed E-state index contributed by atoms with van der Waals surface area (Å²) >= 11 is 0. The molecular formula is C13H27N3O2. The van der Waals surface area contributed by atoms with E-state index in [0.29, 0.717) is 18.9 Å².